The maximum absolute atomic E-state index is 12.6. The van der Waals surface area contributed by atoms with Crippen LogP contribution in [0.4, 0.5) is 5.13 Å². The van der Waals surface area contributed by atoms with Crippen LogP contribution in [0, 0.1) is 0 Å². The number of benzene rings is 2. The Balaban J connectivity index is 1.35. The number of hydrogen-bond acceptors (Lipinski definition) is 5. The van der Waals surface area contributed by atoms with Gasteiger partial charge < -0.3 is 9.80 Å². The summed E-state index contributed by atoms with van der Waals surface area (Å²) in [5.41, 5.74) is 1.76. The number of halogens is 2. The molecule has 1 fully saturated rings. The van der Waals surface area contributed by atoms with Gasteiger partial charge in [0.25, 0.3) is 5.91 Å². The second kappa shape index (κ2) is 8.47. The van der Waals surface area contributed by atoms with Crippen LogP contribution < -0.4 is 4.90 Å². The molecule has 1 amide bonds. The van der Waals surface area contributed by atoms with Crippen molar-refractivity contribution in [2.24, 2.45) is 0 Å². The van der Waals surface area contributed by atoms with E-state index in [1.807, 2.05) is 29.2 Å². The van der Waals surface area contributed by atoms with Gasteiger partial charge in [-0.2, -0.15) is 4.37 Å². The summed E-state index contributed by atoms with van der Waals surface area (Å²) >= 11 is 13.3. The van der Waals surface area contributed by atoms with Gasteiger partial charge in [-0.25, -0.2) is 4.98 Å². The number of anilines is 1. The lowest BCUT2D eigenvalue weighted by atomic mass is 10.1. The summed E-state index contributed by atoms with van der Waals surface area (Å²) in [5, 5.41) is 2.20. The fraction of sp³-hybridized carbons (Fsp3) is 0.250. The van der Waals surface area contributed by atoms with Crippen molar-refractivity contribution in [1.82, 2.24) is 14.3 Å². The standard InChI is InChI=1S/C20H18Cl2N4OS/c21-16-6-4-14(5-7-16)12-18-23-20(28-24-18)26-10-8-25(9-11-26)19(27)15-2-1-3-17(22)13-15/h1-7,13H,8-12H2. The molecule has 0 bridgehead atoms. The van der Waals surface area contributed by atoms with Gasteiger partial charge in [-0.05, 0) is 35.9 Å². The number of amides is 1. The van der Waals surface area contributed by atoms with Crippen LogP contribution in [-0.2, 0) is 6.42 Å². The summed E-state index contributed by atoms with van der Waals surface area (Å²) in [5.74, 6) is 0.822. The SMILES string of the molecule is O=C(c1cccc(Cl)c1)N1CCN(c2nc(Cc3ccc(Cl)cc3)ns2)CC1. The minimum absolute atomic E-state index is 0.0165. The first-order valence-corrected chi connectivity index (χ1v) is 10.5. The van der Waals surface area contributed by atoms with E-state index in [4.69, 9.17) is 23.2 Å². The Labute approximate surface area is 177 Å². The average Bonchev–Trinajstić information content (AvgIpc) is 3.18. The molecule has 0 atom stereocenters. The van der Waals surface area contributed by atoms with E-state index in [2.05, 4.69) is 14.3 Å². The lowest BCUT2D eigenvalue weighted by Gasteiger charge is -2.34. The molecule has 0 spiro atoms. The molecule has 0 unspecified atom stereocenters. The topological polar surface area (TPSA) is 49.3 Å². The van der Waals surface area contributed by atoms with Gasteiger partial charge in [0, 0.05) is 59.7 Å². The number of rotatable bonds is 4. The van der Waals surface area contributed by atoms with Gasteiger partial charge in [0.05, 0.1) is 0 Å². The third kappa shape index (κ3) is 4.46. The quantitative estimate of drug-likeness (QED) is 0.612. The van der Waals surface area contributed by atoms with Gasteiger partial charge in [-0.15, -0.1) is 0 Å². The van der Waals surface area contributed by atoms with Crippen molar-refractivity contribution in [1.29, 1.82) is 0 Å². The lowest BCUT2D eigenvalue weighted by Crippen LogP contribution is -2.48. The minimum atomic E-state index is 0.0165. The fourth-order valence-corrected chi connectivity index (χ4v) is 4.19. The van der Waals surface area contributed by atoms with Crippen molar-refractivity contribution in [3.05, 3.63) is 75.5 Å². The van der Waals surface area contributed by atoms with E-state index in [0.717, 1.165) is 34.6 Å². The molecule has 2 aromatic carbocycles. The van der Waals surface area contributed by atoms with Crippen molar-refractivity contribution in [3.63, 3.8) is 0 Å². The number of nitrogens with zero attached hydrogens (tertiary/aromatic N) is 4. The van der Waals surface area contributed by atoms with Gasteiger partial charge in [0.2, 0.25) is 5.13 Å². The monoisotopic (exact) mass is 432 g/mol. The Morgan fingerprint density at radius 1 is 1.00 bits per heavy atom. The molecule has 144 valence electrons. The number of piperazine rings is 1. The number of aromatic nitrogens is 2. The largest absolute Gasteiger partial charge is 0.343 e. The van der Waals surface area contributed by atoms with E-state index >= 15 is 0 Å². The van der Waals surface area contributed by atoms with Crippen molar-refractivity contribution in [2.45, 2.75) is 6.42 Å². The van der Waals surface area contributed by atoms with E-state index in [0.29, 0.717) is 30.1 Å². The van der Waals surface area contributed by atoms with Gasteiger partial charge in [-0.3, -0.25) is 4.79 Å². The minimum Gasteiger partial charge on any atom is -0.343 e. The zero-order valence-corrected chi connectivity index (χ0v) is 17.3. The zero-order chi connectivity index (χ0) is 19.5. The first-order valence-electron chi connectivity index (χ1n) is 8.95. The molecule has 0 saturated carbocycles. The molecule has 5 nitrogen and oxygen atoms in total. The van der Waals surface area contributed by atoms with Crippen LogP contribution >= 0.6 is 34.7 Å². The molecule has 1 aliphatic rings. The molecule has 1 aromatic heterocycles. The van der Waals surface area contributed by atoms with E-state index in [1.54, 1.807) is 24.3 Å². The Bertz CT molecular complexity index is 968. The summed E-state index contributed by atoms with van der Waals surface area (Å²) < 4.78 is 4.48. The summed E-state index contributed by atoms with van der Waals surface area (Å²) in [7, 11) is 0. The van der Waals surface area contributed by atoms with Crippen LogP contribution in [0.3, 0.4) is 0 Å². The van der Waals surface area contributed by atoms with Crippen LogP contribution in [0.1, 0.15) is 21.7 Å². The molecule has 2 heterocycles. The number of carbonyl (C=O) groups excluding carboxylic acids is 1. The Kier molecular flexibility index (Phi) is 5.80. The second-order valence-corrected chi connectivity index (χ2v) is 8.19. The maximum atomic E-state index is 12.6. The number of hydrogen-bond donors (Lipinski definition) is 0. The molecular formula is C20H18Cl2N4OS. The molecule has 0 aliphatic carbocycles. The molecule has 0 radical (unpaired) electrons. The van der Waals surface area contributed by atoms with Crippen LogP contribution in [0.15, 0.2) is 48.5 Å². The first kappa shape index (κ1) is 19.2. The zero-order valence-electron chi connectivity index (χ0n) is 15.0. The van der Waals surface area contributed by atoms with Gasteiger partial charge in [-0.1, -0.05) is 41.4 Å². The Morgan fingerprint density at radius 2 is 1.75 bits per heavy atom. The highest BCUT2D eigenvalue weighted by Gasteiger charge is 2.24. The van der Waals surface area contributed by atoms with Crippen molar-refractivity contribution >= 4 is 45.8 Å². The number of carbonyl (C=O) groups is 1. The predicted molar refractivity (Wildman–Crippen MR) is 114 cm³/mol. The van der Waals surface area contributed by atoms with Crippen molar-refractivity contribution in [3.8, 4) is 0 Å². The molecule has 8 heteroatoms. The average molecular weight is 433 g/mol. The maximum Gasteiger partial charge on any atom is 0.254 e. The summed E-state index contributed by atoms with van der Waals surface area (Å²) in [6.07, 6.45) is 0.681. The first-order chi connectivity index (χ1) is 13.6. The molecule has 4 rings (SSSR count). The fourth-order valence-electron chi connectivity index (χ4n) is 3.13. The molecule has 28 heavy (non-hydrogen) atoms. The van der Waals surface area contributed by atoms with E-state index in [-0.39, 0.29) is 5.91 Å². The molecule has 0 N–H and O–H groups in total. The highest BCUT2D eigenvalue weighted by molar-refractivity contribution is 7.09. The third-order valence-corrected chi connectivity index (χ3v) is 5.94. The lowest BCUT2D eigenvalue weighted by molar-refractivity contribution is 0.0747. The van der Waals surface area contributed by atoms with E-state index in [1.165, 1.54) is 11.5 Å². The van der Waals surface area contributed by atoms with Gasteiger partial charge in [0.15, 0.2) is 0 Å². The van der Waals surface area contributed by atoms with E-state index < -0.39 is 0 Å². The molecule has 1 aliphatic heterocycles. The van der Waals surface area contributed by atoms with Crippen molar-refractivity contribution in [2.75, 3.05) is 31.1 Å². The highest BCUT2D eigenvalue weighted by Crippen LogP contribution is 2.22. The molecular weight excluding hydrogens is 415 g/mol. The van der Waals surface area contributed by atoms with Gasteiger partial charge in [0.1, 0.15) is 5.82 Å². The van der Waals surface area contributed by atoms with Crippen LogP contribution in [-0.4, -0.2) is 46.3 Å². The normalized spacial score (nSPS) is 14.4. The summed E-state index contributed by atoms with van der Waals surface area (Å²) in [4.78, 5) is 21.4. The highest BCUT2D eigenvalue weighted by atomic mass is 35.5. The van der Waals surface area contributed by atoms with Crippen molar-refractivity contribution < 1.29 is 4.79 Å². The summed E-state index contributed by atoms with van der Waals surface area (Å²) in [6, 6.07) is 14.8. The van der Waals surface area contributed by atoms with Gasteiger partial charge >= 0.3 is 0 Å². The predicted octanol–water partition coefficient (Wildman–Crippen LogP) is 4.40. The van der Waals surface area contributed by atoms with Crippen LogP contribution in [0.5, 0.6) is 0 Å². The van der Waals surface area contributed by atoms with Crippen LogP contribution in [0.25, 0.3) is 0 Å². The third-order valence-electron chi connectivity index (χ3n) is 4.64. The smallest absolute Gasteiger partial charge is 0.254 e. The Hall–Kier alpha value is -2.15. The Morgan fingerprint density at radius 3 is 2.46 bits per heavy atom. The molecule has 3 aromatic rings. The summed E-state index contributed by atoms with van der Waals surface area (Å²) in [6.45, 7) is 2.78. The van der Waals surface area contributed by atoms with Crippen LogP contribution in [0.2, 0.25) is 10.0 Å². The molecule has 1 saturated heterocycles. The van der Waals surface area contributed by atoms with E-state index in [9.17, 15) is 4.79 Å². The second-order valence-electron chi connectivity index (χ2n) is 6.59.